The van der Waals surface area contributed by atoms with Crippen molar-refractivity contribution in [3.8, 4) is 17.2 Å². The number of nitrogens with zero attached hydrogens (tertiary/aromatic N) is 1. The van der Waals surface area contributed by atoms with Gasteiger partial charge in [-0.2, -0.15) is 0 Å². The van der Waals surface area contributed by atoms with Crippen molar-refractivity contribution in [3.05, 3.63) is 41.1 Å². The number of esters is 1. The summed E-state index contributed by atoms with van der Waals surface area (Å²) in [6.45, 7) is 8.14. The first-order chi connectivity index (χ1) is 14.6. The van der Waals surface area contributed by atoms with Crippen LogP contribution in [0.1, 0.15) is 49.8 Å². The molecule has 0 bridgehead atoms. The van der Waals surface area contributed by atoms with E-state index in [4.69, 9.17) is 14.2 Å². The number of pyridine rings is 1. The molecule has 3 atom stereocenters. The van der Waals surface area contributed by atoms with E-state index in [1.54, 1.807) is 19.2 Å². The van der Waals surface area contributed by atoms with E-state index in [1.165, 1.54) is 0 Å². The SMILES string of the molecule is CC.CCOC(=O)C1C2Oc3c(C)cc(Oc4ccnc5c4CCC(=O)N5)cc3C21. The molecule has 1 fully saturated rings. The Kier molecular flexibility index (Phi) is 5.37. The number of aryl methyl sites for hydroxylation is 1. The number of hydrogen-bond donors (Lipinski definition) is 1. The molecule has 7 heteroatoms. The highest BCUT2D eigenvalue weighted by atomic mass is 16.5. The smallest absolute Gasteiger partial charge is 0.313 e. The molecule has 2 aromatic rings. The van der Waals surface area contributed by atoms with Crippen LogP contribution in [0, 0.1) is 12.8 Å². The summed E-state index contributed by atoms with van der Waals surface area (Å²) in [4.78, 5) is 27.9. The molecule has 7 nitrogen and oxygen atoms in total. The fourth-order valence-corrected chi connectivity index (χ4v) is 4.17. The van der Waals surface area contributed by atoms with E-state index in [1.807, 2.05) is 32.9 Å². The summed E-state index contributed by atoms with van der Waals surface area (Å²) >= 11 is 0. The zero-order valence-corrected chi connectivity index (χ0v) is 17.7. The van der Waals surface area contributed by atoms with Crippen molar-refractivity contribution in [1.29, 1.82) is 0 Å². The molecule has 30 heavy (non-hydrogen) atoms. The van der Waals surface area contributed by atoms with Crippen LogP contribution in [-0.2, 0) is 20.7 Å². The molecular formula is C23H26N2O5. The van der Waals surface area contributed by atoms with Gasteiger partial charge in [-0.05, 0) is 44.0 Å². The van der Waals surface area contributed by atoms with Crippen LogP contribution >= 0.6 is 0 Å². The minimum absolute atomic E-state index is 0.0296. The van der Waals surface area contributed by atoms with Crippen LogP contribution in [0.2, 0.25) is 0 Å². The standard InChI is InChI=1S/C21H20N2O5.C2H6/c1-3-26-21(25)17-16-13-9-11(8-10(2)18(13)28-19(16)17)27-14-6-7-22-20-12(14)4-5-15(24)23-20;1-2/h6-9,16-17,19H,3-5H2,1-2H3,(H,22,23,24);1-2H3. The van der Waals surface area contributed by atoms with Gasteiger partial charge in [0.05, 0.1) is 6.61 Å². The summed E-state index contributed by atoms with van der Waals surface area (Å²) in [5.74, 6) is 2.32. The highest BCUT2D eigenvalue weighted by molar-refractivity contribution is 5.93. The molecule has 1 N–H and O–H groups in total. The molecule has 2 aliphatic heterocycles. The number of carbonyl (C=O) groups excluding carboxylic acids is 2. The molecule has 5 rings (SSSR count). The largest absolute Gasteiger partial charge is 0.488 e. The van der Waals surface area contributed by atoms with E-state index in [9.17, 15) is 9.59 Å². The topological polar surface area (TPSA) is 86.8 Å². The lowest BCUT2D eigenvalue weighted by Crippen LogP contribution is -2.20. The molecule has 1 amide bonds. The quantitative estimate of drug-likeness (QED) is 0.763. The Morgan fingerprint density at radius 2 is 2.10 bits per heavy atom. The highest BCUT2D eigenvalue weighted by Crippen LogP contribution is 2.60. The van der Waals surface area contributed by atoms with Crippen molar-refractivity contribution in [2.24, 2.45) is 5.92 Å². The van der Waals surface area contributed by atoms with Crippen molar-refractivity contribution < 1.29 is 23.8 Å². The molecule has 0 radical (unpaired) electrons. The van der Waals surface area contributed by atoms with Crippen molar-refractivity contribution in [3.63, 3.8) is 0 Å². The van der Waals surface area contributed by atoms with Crippen LogP contribution < -0.4 is 14.8 Å². The number of aromatic nitrogens is 1. The van der Waals surface area contributed by atoms with Gasteiger partial charge < -0.3 is 19.5 Å². The molecular weight excluding hydrogens is 384 g/mol. The zero-order chi connectivity index (χ0) is 21.4. The highest BCUT2D eigenvalue weighted by Gasteiger charge is 2.63. The number of amides is 1. The number of hydrogen-bond acceptors (Lipinski definition) is 6. The number of ether oxygens (including phenoxy) is 3. The van der Waals surface area contributed by atoms with Crippen LogP contribution in [0.15, 0.2) is 24.4 Å². The third-order valence-electron chi connectivity index (χ3n) is 5.50. The lowest BCUT2D eigenvalue weighted by atomic mass is 10.0. The van der Waals surface area contributed by atoms with Gasteiger partial charge in [0.25, 0.3) is 0 Å². The number of nitrogens with one attached hydrogen (secondary N) is 1. The monoisotopic (exact) mass is 410 g/mol. The van der Waals surface area contributed by atoms with E-state index < -0.39 is 0 Å². The van der Waals surface area contributed by atoms with E-state index in [2.05, 4.69) is 10.3 Å². The van der Waals surface area contributed by atoms with Crippen LogP contribution in [0.3, 0.4) is 0 Å². The number of rotatable bonds is 4. The first kappa shape index (κ1) is 20.2. The number of anilines is 1. The van der Waals surface area contributed by atoms with Gasteiger partial charge in [-0.25, -0.2) is 4.98 Å². The summed E-state index contributed by atoms with van der Waals surface area (Å²) in [5, 5.41) is 2.78. The van der Waals surface area contributed by atoms with Gasteiger partial charge in [0.15, 0.2) is 0 Å². The summed E-state index contributed by atoms with van der Waals surface area (Å²) in [5.41, 5.74) is 2.86. The Labute approximate surface area is 175 Å². The minimum atomic E-state index is -0.231. The molecule has 158 valence electrons. The first-order valence-corrected chi connectivity index (χ1v) is 10.5. The lowest BCUT2D eigenvalue weighted by molar-refractivity contribution is -0.145. The first-order valence-electron chi connectivity index (χ1n) is 10.5. The van der Waals surface area contributed by atoms with Crippen LogP contribution in [0.4, 0.5) is 5.82 Å². The summed E-state index contributed by atoms with van der Waals surface area (Å²) < 4.78 is 17.3. The molecule has 1 aromatic carbocycles. The molecule has 3 heterocycles. The van der Waals surface area contributed by atoms with Crippen LogP contribution in [0.25, 0.3) is 0 Å². The van der Waals surface area contributed by atoms with Crippen LogP contribution in [-0.4, -0.2) is 29.6 Å². The van der Waals surface area contributed by atoms with Gasteiger partial charge in [0, 0.05) is 29.7 Å². The zero-order valence-electron chi connectivity index (χ0n) is 17.7. The van der Waals surface area contributed by atoms with Gasteiger partial charge in [0.1, 0.15) is 35.1 Å². The molecule has 1 aliphatic carbocycles. The maximum absolute atomic E-state index is 12.1. The van der Waals surface area contributed by atoms with Gasteiger partial charge >= 0.3 is 5.97 Å². The number of benzene rings is 1. The van der Waals surface area contributed by atoms with E-state index in [0.29, 0.717) is 36.8 Å². The van der Waals surface area contributed by atoms with E-state index in [0.717, 1.165) is 22.4 Å². The molecule has 1 saturated carbocycles. The van der Waals surface area contributed by atoms with Gasteiger partial charge in [-0.15, -0.1) is 0 Å². The predicted molar refractivity (Wildman–Crippen MR) is 111 cm³/mol. The fourth-order valence-electron chi connectivity index (χ4n) is 4.17. The second kappa shape index (κ2) is 7.97. The molecule has 0 saturated heterocycles. The third-order valence-corrected chi connectivity index (χ3v) is 5.50. The van der Waals surface area contributed by atoms with Gasteiger partial charge in [-0.3, -0.25) is 9.59 Å². The maximum Gasteiger partial charge on any atom is 0.313 e. The maximum atomic E-state index is 12.1. The second-order valence-electron chi connectivity index (χ2n) is 7.33. The summed E-state index contributed by atoms with van der Waals surface area (Å²) in [7, 11) is 0. The van der Waals surface area contributed by atoms with Crippen LogP contribution in [0.5, 0.6) is 17.2 Å². The van der Waals surface area contributed by atoms with Gasteiger partial charge in [-0.1, -0.05) is 13.8 Å². The van der Waals surface area contributed by atoms with Crippen molar-refractivity contribution in [1.82, 2.24) is 4.98 Å². The molecule has 3 unspecified atom stereocenters. The van der Waals surface area contributed by atoms with E-state index >= 15 is 0 Å². The Balaban J connectivity index is 0.00000106. The number of fused-ring (bicyclic) bond motifs is 4. The summed E-state index contributed by atoms with van der Waals surface area (Å²) in [6.07, 6.45) is 2.49. The third kappa shape index (κ3) is 3.38. The second-order valence-corrected chi connectivity index (χ2v) is 7.33. The Morgan fingerprint density at radius 3 is 2.87 bits per heavy atom. The van der Waals surface area contributed by atoms with Crippen molar-refractivity contribution in [2.45, 2.75) is 52.6 Å². The fraction of sp³-hybridized carbons (Fsp3) is 0.435. The molecule has 0 spiro atoms. The van der Waals surface area contributed by atoms with E-state index in [-0.39, 0.29) is 29.8 Å². The lowest BCUT2D eigenvalue weighted by Gasteiger charge is -2.19. The van der Waals surface area contributed by atoms with Crippen molar-refractivity contribution in [2.75, 3.05) is 11.9 Å². The predicted octanol–water partition coefficient (Wildman–Crippen LogP) is 4.13. The minimum Gasteiger partial charge on any atom is -0.488 e. The normalized spacial score (nSPS) is 22.3. The Morgan fingerprint density at radius 1 is 1.30 bits per heavy atom. The average molecular weight is 410 g/mol. The van der Waals surface area contributed by atoms with Crippen molar-refractivity contribution >= 4 is 17.7 Å². The average Bonchev–Trinajstić information content (AvgIpc) is 3.33. The Bertz CT molecular complexity index is 1000. The summed E-state index contributed by atoms with van der Waals surface area (Å²) in [6, 6.07) is 5.67. The number of carbonyl (C=O) groups is 2. The molecule has 3 aliphatic rings. The Hall–Kier alpha value is -3.09. The molecule has 1 aromatic heterocycles. The van der Waals surface area contributed by atoms with Gasteiger partial charge in [0.2, 0.25) is 5.91 Å².